The van der Waals surface area contributed by atoms with Crippen molar-refractivity contribution in [2.45, 2.75) is 6.23 Å². The molecule has 0 aromatic carbocycles. The number of hydrogen-bond acceptors (Lipinski definition) is 7. The maximum Gasteiger partial charge on any atom is 0.412 e. The first-order valence-corrected chi connectivity index (χ1v) is 8.82. The molecule has 0 spiro atoms. The molecule has 1 atom stereocenters. The van der Waals surface area contributed by atoms with Crippen molar-refractivity contribution in [2.75, 3.05) is 38.1 Å². The van der Waals surface area contributed by atoms with Crippen LogP contribution in [0.2, 0.25) is 5.02 Å². The molecule has 11 heteroatoms. The molecule has 148 valence electrons. The normalized spacial score (nSPS) is 19.2. The van der Waals surface area contributed by atoms with E-state index in [1.165, 1.54) is 23.5 Å². The third-order valence-corrected chi connectivity index (χ3v) is 4.77. The Morgan fingerprint density at radius 3 is 2.54 bits per heavy atom. The van der Waals surface area contributed by atoms with Crippen molar-refractivity contribution >= 4 is 29.4 Å². The standard InChI is InChI=1S/C17H17ClN6O3.H2O/c1-22-6-8-23(9-7-22)17(26)27-16-14-13(19-4-5-20-14)15(25)24(16)12-3-2-11(18)10-21-12;/h2-5,10,16H,6-9H2,1H3;1H2/t16-;/m0./s1. The van der Waals surface area contributed by atoms with Crippen LogP contribution in [0.4, 0.5) is 10.6 Å². The summed E-state index contributed by atoms with van der Waals surface area (Å²) in [4.78, 5) is 43.0. The summed E-state index contributed by atoms with van der Waals surface area (Å²) in [6.07, 6.45) is 2.78. The second-order valence-electron chi connectivity index (χ2n) is 6.33. The molecule has 2 aliphatic heterocycles. The lowest BCUT2D eigenvalue weighted by Gasteiger charge is -2.33. The van der Waals surface area contributed by atoms with Crippen LogP contribution in [0.1, 0.15) is 22.4 Å². The Morgan fingerprint density at radius 2 is 1.86 bits per heavy atom. The number of carbonyl (C=O) groups is 2. The molecular formula is C17H19ClN6O4. The summed E-state index contributed by atoms with van der Waals surface area (Å²) in [6.45, 7) is 2.64. The highest BCUT2D eigenvalue weighted by atomic mass is 35.5. The lowest BCUT2D eigenvalue weighted by atomic mass is 10.3. The summed E-state index contributed by atoms with van der Waals surface area (Å²) in [5.41, 5.74) is 0.437. The van der Waals surface area contributed by atoms with E-state index in [9.17, 15) is 9.59 Å². The highest BCUT2D eigenvalue weighted by Gasteiger charge is 2.44. The third-order valence-electron chi connectivity index (χ3n) is 4.55. The first kappa shape index (κ1) is 19.9. The van der Waals surface area contributed by atoms with Gasteiger partial charge in [-0.1, -0.05) is 11.6 Å². The van der Waals surface area contributed by atoms with Crippen molar-refractivity contribution in [3.63, 3.8) is 0 Å². The van der Waals surface area contributed by atoms with Gasteiger partial charge in [-0.2, -0.15) is 0 Å². The van der Waals surface area contributed by atoms with E-state index >= 15 is 0 Å². The van der Waals surface area contributed by atoms with E-state index in [-0.39, 0.29) is 11.2 Å². The molecule has 0 bridgehead atoms. The lowest BCUT2D eigenvalue weighted by Crippen LogP contribution is -2.48. The number of halogens is 1. The van der Waals surface area contributed by atoms with Gasteiger partial charge in [-0.25, -0.2) is 19.7 Å². The molecule has 10 nitrogen and oxygen atoms in total. The van der Waals surface area contributed by atoms with Crippen LogP contribution in [-0.4, -0.2) is 75.5 Å². The summed E-state index contributed by atoms with van der Waals surface area (Å²) in [6, 6.07) is 3.20. The molecule has 1 fully saturated rings. The Labute approximate surface area is 166 Å². The van der Waals surface area contributed by atoms with E-state index < -0.39 is 18.2 Å². The summed E-state index contributed by atoms with van der Waals surface area (Å²) in [5, 5.41) is 0.435. The smallest absolute Gasteiger partial charge is 0.412 e. The molecule has 2 amide bonds. The quantitative estimate of drug-likeness (QED) is 0.720. The predicted octanol–water partition coefficient (Wildman–Crippen LogP) is 0.743. The Kier molecular flexibility index (Phi) is 5.73. The van der Waals surface area contributed by atoms with Gasteiger partial charge in [-0.05, 0) is 19.2 Å². The highest BCUT2D eigenvalue weighted by Crippen LogP contribution is 2.35. The summed E-state index contributed by atoms with van der Waals surface area (Å²) in [7, 11) is 2.00. The molecule has 2 N–H and O–H groups in total. The number of carbonyl (C=O) groups excluding carboxylic acids is 2. The van der Waals surface area contributed by atoms with Crippen molar-refractivity contribution in [1.82, 2.24) is 24.8 Å². The van der Waals surface area contributed by atoms with Crippen molar-refractivity contribution in [3.05, 3.63) is 47.1 Å². The molecule has 2 aliphatic rings. The average molecular weight is 407 g/mol. The zero-order valence-corrected chi connectivity index (χ0v) is 15.8. The Morgan fingerprint density at radius 1 is 1.14 bits per heavy atom. The average Bonchev–Trinajstić information content (AvgIpc) is 2.95. The second kappa shape index (κ2) is 8.05. The van der Waals surface area contributed by atoms with Gasteiger partial charge in [-0.3, -0.25) is 9.78 Å². The fraction of sp³-hybridized carbons (Fsp3) is 0.353. The van der Waals surface area contributed by atoms with Crippen molar-refractivity contribution in [1.29, 1.82) is 0 Å². The van der Waals surface area contributed by atoms with Crippen molar-refractivity contribution < 1.29 is 19.8 Å². The summed E-state index contributed by atoms with van der Waals surface area (Å²) in [5.74, 6) is -0.121. The van der Waals surface area contributed by atoms with E-state index in [0.717, 1.165) is 13.1 Å². The van der Waals surface area contributed by atoms with Gasteiger partial charge >= 0.3 is 6.09 Å². The number of nitrogens with zero attached hydrogens (tertiary/aromatic N) is 6. The molecular weight excluding hydrogens is 388 g/mol. The SMILES string of the molecule is CN1CCN(C(=O)O[C@H]2c3nccnc3C(=O)N2c2ccc(Cl)cn2)CC1.O. The van der Waals surface area contributed by atoms with Gasteiger partial charge in [0.05, 0.1) is 5.02 Å². The number of aromatic nitrogens is 3. The largest absolute Gasteiger partial charge is 0.419 e. The van der Waals surface area contributed by atoms with E-state index in [1.807, 2.05) is 7.05 Å². The number of amides is 2. The van der Waals surface area contributed by atoms with Crippen LogP contribution < -0.4 is 4.90 Å². The first-order valence-electron chi connectivity index (χ1n) is 8.44. The minimum absolute atomic E-state index is 0. The van der Waals surface area contributed by atoms with Gasteiger partial charge < -0.3 is 20.0 Å². The summed E-state index contributed by atoms with van der Waals surface area (Å²) >= 11 is 5.89. The molecule has 28 heavy (non-hydrogen) atoms. The number of anilines is 1. The molecule has 0 aliphatic carbocycles. The van der Waals surface area contributed by atoms with Crippen LogP contribution in [0, 0.1) is 0 Å². The molecule has 2 aromatic heterocycles. The van der Waals surface area contributed by atoms with Gasteiger partial charge in [0.15, 0.2) is 5.69 Å². The fourth-order valence-electron chi connectivity index (χ4n) is 3.04. The van der Waals surface area contributed by atoms with Gasteiger partial charge in [-0.15, -0.1) is 0 Å². The maximum atomic E-state index is 12.8. The maximum absolute atomic E-state index is 12.8. The fourth-order valence-corrected chi connectivity index (χ4v) is 3.15. The minimum Gasteiger partial charge on any atom is -0.419 e. The topological polar surface area (TPSA) is 123 Å². The zero-order valence-electron chi connectivity index (χ0n) is 15.1. The highest BCUT2D eigenvalue weighted by molar-refractivity contribution is 6.30. The number of fused-ring (bicyclic) bond motifs is 1. The molecule has 1 saturated heterocycles. The van der Waals surface area contributed by atoms with E-state index in [4.69, 9.17) is 16.3 Å². The Hall–Kier alpha value is -2.82. The molecule has 4 rings (SSSR count). The van der Waals surface area contributed by atoms with E-state index in [1.54, 1.807) is 17.0 Å². The zero-order chi connectivity index (χ0) is 19.0. The molecule has 2 aromatic rings. The molecule has 0 saturated carbocycles. The van der Waals surface area contributed by atoms with Crippen LogP contribution in [0.5, 0.6) is 0 Å². The first-order chi connectivity index (χ1) is 13.0. The molecule has 0 unspecified atom stereocenters. The lowest BCUT2D eigenvalue weighted by molar-refractivity contribution is 0.0476. The number of rotatable bonds is 2. The van der Waals surface area contributed by atoms with Crippen molar-refractivity contribution in [3.8, 4) is 0 Å². The Balaban J connectivity index is 0.00000225. The Bertz CT molecular complexity index is 872. The molecule has 0 radical (unpaired) electrons. The van der Waals surface area contributed by atoms with Gasteiger partial charge in [0, 0.05) is 44.8 Å². The van der Waals surface area contributed by atoms with Gasteiger partial charge in [0.1, 0.15) is 11.5 Å². The van der Waals surface area contributed by atoms with Crippen LogP contribution in [0.25, 0.3) is 0 Å². The predicted molar refractivity (Wildman–Crippen MR) is 100.0 cm³/mol. The number of ether oxygens (including phenoxy) is 1. The number of likely N-dealkylation sites (N-methyl/N-ethyl adjacent to an activating group) is 1. The van der Waals surface area contributed by atoms with Gasteiger partial charge in [0.2, 0.25) is 6.23 Å². The van der Waals surface area contributed by atoms with Crippen LogP contribution in [0.3, 0.4) is 0 Å². The second-order valence-corrected chi connectivity index (χ2v) is 6.76. The van der Waals surface area contributed by atoms with Crippen LogP contribution in [0.15, 0.2) is 30.7 Å². The minimum atomic E-state index is -1.03. The van der Waals surface area contributed by atoms with Crippen molar-refractivity contribution in [2.24, 2.45) is 0 Å². The number of piperazine rings is 1. The summed E-state index contributed by atoms with van der Waals surface area (Å²) < 4.78 is 5.68. The van der Waals surface area contributed by atoms with Crippen LogP contribution in [-0.2, 0) is 4.74 Å². The number of pyridine rings is 1. The van der Waals surface area contributed by atoms with Crippen LogP contribution >= 0.6 is 11.6 Å². The number of hydrogen-bond donors (Lipinski definition) is 0. The van der Waals surface area contributed by atoms with E-state index in [2.05, 4.69) is 19.9 Å². The monoisotopic (exact) mass is 406 g/mol. The van der Waals surface area contributed by atoms with Gasteiger partial charge in [0.25, 0.3) is 5.91 Å². The third kappa shape index (κ3) is 3.61. The molecule has 4 heterocycles. The van der Waals surface area contributed by atoms with E-state index in [0.29, 0.717) is 29.6 Å².